The summed E-state index contributed by atoms with van der Waals surface area (Å²) in [6.07, 6.45) is 10.7. The number of allylic oxidation sites excluding steroid dienone is 4. The van der Waals surface area contributed by atoms with Crippen LogP contribution in [0.1, 0.15) is 79.1 Å². The largest absolute Gasteiger partial charge is 0.459 e. The number of rotatable bonds is 4. The maximum Gasteiger partial charge on any atom is 0.337 e. The van der Waals surface area contributed by atoms with Crippen molar-refractivity contribution in [1.29, 1.82) is 0 Å². The minimum atomic E-state index is -1.47. The van der Waals surface area contributed by atoms with E-state index in [0.29, 0.717) is 25.2 Å². The second-order valence-electron chi connectivity index (χ2n) is 10.3. The quantitative estimate of drug-likeness (QED) is 0.475. The average Bonchev–Trinajstić information content (AvgIpc) is 3.00. The van der Waals surface area contributed by atoms with Gasteiger partial charge in [0.25, 0.3) is 0 Å². The SMILES string of the molecule is CC(COC(=O)C(C)(C)O)=C1CCC2C(=CC=C3C[C@@H](O)C[C@H](O)C3)CCC[C@]12C. The van der Waals surface area contributed by atoms with Gasteiger partial charge in [0.1, 0.15) is 6.61 Å². The summed E-state index contributed by atoms with van der Waals surface area (Å²) in [4.78, 5) is 11.9. The van der Waals surface area contributed by atoms with Crippen molar-refractivity contribution >= 4 is 5.97 Å². The summed E-state index contributed by atoms with van der Waals surface area (Å²) in [5.74, 6) is -0.105. The zero-order valence-electron chi connectivity index (χ0n) is 18.9. The molecule has 0 heterocycles. The predicted molar refractivity (Wildman–Crippen MR) is 117 cm³/mol. The van der Waals surface area contributed by atoms with Gasteiger partial charge in [-0.3, -0.25) is 0 Å². The summed E-state index contributed by atoms with van der Waals surface area (Å²) in [6.45, 7) is 7.52. The van der Waals surface area contributed by atoms with Gasteiger partial charge < -0.3 is 20.1 Å². The van der Waals surface area contributed by atoms with Crippen LogP contribution in [0.3, 0.4) is 0 Å². The van der Waals surface area contributed by atoms with Crippen molar-refractivity contribution in [2.75, 3.05) is 6.61 Å². The number of esters is 1. The molecular formula is C25H38O5. The number of hydrogen-bond acceptors (Lipinski definition) is 5. The summed E-state index contributed by atoms with van der Waals surface area (Å²) in [6, 6.07) is 0. The second kappa shape index (κ2) is 8.97. The molecule has 30 heavy (non-hydrogen) atoms. The molecule has 0 aromatic heterocycles. The molecule has 168 valence electrons. The van der Waals surface area contributed by atoms with Crippen LogP contribution in [-0.2, 0) is 9.53 Å². The Balaban J connectivity index is 1.75. The molecule has 0 aromatic carbocycles. The molecule has 3 aliphatic carbocycles. The highest BCUT2D eigenvalue weighted by atomic mass is 16.5. The maximum absolute atomic E-state index is 11.9. The Labute approximate surface area is 180 Å². The highest BCUT2D eigenvalue weighted by Gasteiger charge is 2.46. The first-order valence-corrected chi connectivity index (χ1v) is 11.3. The monoisotopic (exact) mass is 418 g/mol. The van der Waals surface area contributed by atoms with Crippen LogP contribution in [0.4, 0.5) is 0 Å². The van der Waals surface area contributed by atoms with E-state index in [4.69, 9.17) is 4.74 Å². The highest BCUT2D eigenvalue weighted by molar-refractivity contribution is 5.78. The lowest BCUT2D eigenvalue weighted by Gasteiger charge is -2.40. The van der Waals surface area contributed by atoms with Gasteiger partial charge in [-0.1, -0.05) is 35.8 Å². The Kier molecular flexibility index (Phi) is 6.95. The first-order chi connectivity index (χ1) is 14.0. The minimum absolute atomic E-state index is 0.0827. The lowest BCUT2D eigenvalue weighted by Crippen LogP contribution is -2.34. The average molecular weight is 419 g/mol. The standard InChI is InChI=1S/C25H38O5/c1-16(15-30-23(28)24(2,3)29)21-9-10-22-18(6-5-11-25(21,22)4)8-7-17-12-19(26)14-20(27)13-17/h7-8,19-20,22,26-27,29H,5-6,9-15H2,1-4H3/t19-,20-,22?,25-/m1/s1. The van der Waals surface area contributed by atoms with E-state index in [2.05, 4.69) is 19.1 Å². The van der Waals surface area contributed by atoms with Crippen molar-refractivity contribution < 1.29 is 24.9 Å². The summed E-state index contributed by atoms with van der Waals surface area (Å²) >= 11 is 0. The second-order valence-corrected chi connectivity index (χ2v) is 10.3. The molecule has 0 radical (unpaired) electrons. The van der Waals surface area contributed by atoms with Gasteiger partial charge in [-0.25, -0.2) is 4.79 Å². The number of carbonyl (C=O) groups is 1. The Morgan fingerprint density at radius 2 is 1.87 bits per heavy atom. The first kappa shape index (κ1) is 23.2. The van der Waals surface area contributed by atoms with E-state index in [1.165, 1.54) is 25.0 Å². The fourth-order valence-corrected chi connectivity index (χ4v) is 5.73. The molecule has 3 rings (SSSR count). The van der Waals surface area contributed by atoms with E-state index in [-0.39, 0.29) is 12.0 Å². The van der Waals surface area contributed by atoms with Gasteiger partial charge in [0.15, 0.2) is 5.60 Å². The molecule has 5 heteroatoms. The van der Waals surface area contributed by atoms with Crippen molar-refractivity contribution in [2.24, 2.45) is 11.3 Å². The van der Waals surface area contributed by atoms with Crippen molar-refractivity contribution in [3.63, 3.8) is 0 Å². The fourth-order valence-electron chi connectivity index (χ4n) is 5.73. The molecule has 1 unspecified atom stereocenters. The van der Waals surface area contributed by atoms with Gasteiger partial charge in [-0.2, -0.15) is 0 Å². The van der Waals surface area contributed by atoms with E-state index < -0.39 is 23.8 Å². The molecule has 4 atom stereocenters. The van der Waals surface area contributed by atoms with Crippen molar-refractivity contribution in [3.8, 4) is 0 Å². The van der Waals surface area contributed by atoms with Crippen molar-refractivity contribution in [1.82, 2.24) is 0 Å². The Morgan fingerprint density at radius 3 is 2.50 bits per heavy atom. The molecule has 3 aliphatic rings. The molecule has 0 aliphatic heterocycles. The van der Waals surface area contributed by atoms with Crippen LogP contribution in [0.25, 0.3) is 0 Å². The van der Waals surface area contributed by atoms with Gasteiger partial charge in [0, 0.05) is 0 Å². The molecule has 0 bridgehead atoms. The lowest BCUT2D eigenvalue weighted by atomic mass is 9.65. The van der Waals surface area contributed by atoms with E-state index in [0.717, 1.165) is 43.3 Å². The third-order valence-electron chi connectivity index (χ3n) is 7.26. The fraction of sp³-hybridized carbons (Fsp3) is 0.720. The lowest BCUT2D eigenvalue weighted by molar-refractivity contribution is -0.160. The Hall–Kier alpha value is -1.43. The van der Waals surface area contributed by atoms with E-state index >= 15 is 0 Å². The minimum Gasteiger partial charge on any atom is -0.459 e. The van der Waals surface area contributed by atoms with Gasteiger partial charge >= 0.3 is 5.97 Å². The summed E-state index contributed by atoms with van der Waals surface area (Å²) in [7, 11) is 0. The van der Waals surface area contributed by atoms with Gasteiger partial charge in [-0.15, -0.1) is 0 Å². The maximum atomic E-state index is 11.9. The van der Waals surface area contributed by atoms with Gasteiger partial charge in [-0.05, 0) is 89.0 Å². The smallest absolute Gasteiger partial charge is 0.337 e. The highest BCUT2D eigenvalue weighted by Crippen LogP contribution is 2.58. The van der Waals surface area contributed by atoms with Crippen LogP contribution in [0.2, 0.25) is 0 Å². The predicted octanol–water partition coefficient (Wildman–Crippen LogP) is 3.98. The van der Waals surface area contributed by atoms with Crippen LogP contribution in [0, 0.1) is 11.3 Å². The number of ether oxygens (including phenoxy) is 1. The molecule has 5 nitrogen and oxygen atoms in total. The van der Waals surface area contributed by atoms with Gasteiger partial charge in [0.2, 0.25) is 0 Å². The number of aliphatic hydroxyl groups excluding tert-OH is 2. The molecule has 0 amide bonds. The summed E-state index contributed by atoms with van der Waals surface area (Å²) < 4.78 is 5.36. The molecule has 3 fully saturated rings. The van der Waals surface area contributed by atoms with Gasteiger partial charge in [0.05, 0.1) is 12.2 Å². The zero-order chi connectivity index (χ0) is 22.1. The normalized spacial score (nSPS) is 35.2. The van der Waals surface area contributed by atoms with E-state index in [1.807, 2.05) is 6.92 Å². The zero-order valence-corrected chi connectivity index (χ0v) is 18.9. The van der Waals surface area contributed by atoms with E-state index in [1.54, 1.807) is 0 Å². The molecular weight excluding hydrogens is 380 g/mol. The van der Waals surface area contributed by atoms with Crippen LogP contribution >= 0.6 is 0 Å². The number of aliphatic hydroxyl groups is 3. The Morgan fingerprint density at radius 1 is 1.20 bits per heavy atom. The molecule has 0 saturated heterocycles. The topological polar surface area (TPSA) is 87.0 Å². The third-order valence-corrected chi connectivity index (χ3v) is 7.26. The van der Waals surface area contributed by atoms with Crippen molar-refractivity contribution in [2.45, 2.75) is 96.9 Å². The summed E-state index contributed by atoms with van der Waals surface area (Å²) in [5, 5.41) is 29.7. The number of carbonyl (C=O) groups excluding carboxylic acids is 1. The van der Waals surface area contributed by atoms with Crippen LogP contribution < -0.4 is 0 Å². The summed E-state index contributed by atoms with van der Waals surface area (Å²) in [5.41, 5.74) is 3.71. The molecule has 3 saturated carbocycles. The number of fused-ring (bicyclic) bond motifs is 1. The van der Waals surface area contributed by atoms with Crippen molar-refractivity contribution in [3.05, 3.63) is 34.4 Å². The van der Waals surface area contributed by atoms with E-state index in [9.17, 15) is 20.1 Å². The Bertz CT molecular complexity index is 742. The molecule has 0 spiro atoms. The van der Waals surface area contributed by atoms with Crippen LogP contribution in [0.15, 0.2) is 34.4 Å². The van der Waals surface area contributed by atoms with Crippen LogP contribution in [-0.4, -0.2) is 45.7 Å². The first-order valence-electron chi connectivity index (χ1n) is 11.3. The molecule has 3 N–H and O–H groups in total. The van der Waals surface area contributed by atoms with Crippen LogP contribution in [0.5, 0.6) is 0 Å². The third kappa shape index (κ3) is 5.06. The molecule has 0 aromatic rings. The number of hydrogen-bond donors (Lipinski definition) is 3.